The van der Waals surface area contributed by atoms with Gasteiger partial charge in [0.2, 0.25) is 11.8 Å². The van der Waals surface area contributed by atoms with Crippen molar-refractivity contribution in [3.05, 3.63) is 29.3 Å². The van der Waals surface area contributed by atoms with E-state index in [4.69, 9.17) is 9.47 Å². The van der Waals surface area contributed by atoms with Crippen molar-refractivity contribution in [1.82, 2.24) is 14.9 Å². The van der Waals surface area contributed by atoms with Gasteiger partial charge >= 0.3 is 0 Å². The Balaban J connectivity index is 1.31. The van der Waals surface area contributed by atoms with Gasteiger partial charge in [-0.15, -0.1) is 0 Å². The normalized spacial score (nSPS) is 27.7. The molecule has 4 aliphatic rings. The molecule has 0 aromatic heterocycles. The Kier molecular flexibility index (Phi) is 5.20. The van der Waals surface area contributed by atoms with E-state index in [1.807, 2.05) is 12.1 Å². The maximum absolute atomic E-state index is 12.8. The van der Waals surface area contributed by atoms with E-state index in [2.05, 4.69) is 4.90 Å². The zero-order valence-electron chi connectivity index (χ0n) is 17.0. The highest BCUT2D eigenvalue weighted by Crippen LogP contribution is 2.33. The van der Waals surface area contributed by atoms with E-state index < -0.39 is 0 Å². The summed E-state index contributed by atoms with van der Waals surface area (Å²) in [7, 11) is 0. The molecule has 2 saturated heterocycles. The minimum atomic E-state index is -0.303. The summed E-state index contributed by atoms with van der Waals surface area (Å²) in [6.07, 6.45) is 4.55. The van der Waals surface area contributed by atoms with Gasteiger partial charge in [0.05, 0.1) is 19.8 Å². The molecular weight excluding hydrogens is 386 g/mol. The molecule has 3 fully saturated rings. The van der Waals surface area contributed by atoms with Crippen molar-refractivity contribution in [3.8, 4) is 5.75 Å². The van der Waals surface area contributed by atoms with Gasteiger partial charge < -0.3 is 9.47 Å². The highest BCUT2D eigenvalue weighted by Gasteiger charge is 2.40. The van der Waals surface area contributed by atoms with Crippen LogP contribution >= 0.6 is 0 Å². The van der Waals surface area contributed by atoms with E-state index in [1.54, 1.807) is 6.07 Å². The summed E-state index contributed by atoms with van der Waals surface area (Å²) in [5.41, 5.74) is 1.33. The van der Waals surface area contributed by atoms with Crippen molar-refractivity contribution in [3.63, 3.8) is 0 Å². The Morgan fingerprint density at radius 1 is 0.967 bits per heavy atom. The van der Waals surface area contributed by atoms with Crippen LogP contribution in [0.2, 0.25) is 0 Å². The van der Waals surface area contributed by atoms with Crippen LogP contribution in [0.4, 0.5) is 0 Å². The van der Waals surface area contributed by atoms with Crippen molar-refractivity contribution in [2.24, 2.45) is 0 Å². The summed E-state index contributed by atoms with van der Waals surface area (Å²) in [5, 5.41) is 2.32. The van der Waals surface area contributed by atoms with E-state index in [9.17, 15) is 14.4 Å². The first kappa shape index (κ1) is 19.5. The standard InChI is InChI=1S/C22H27N3O5/c26-20-5-2-6-21(27)25(20)24-14-15-13-16(7-8-17(15)22(24)28)30-19-4-1-3-18(19)23-9-11-29-12-10-23/h7-8,13,18-19H,1-6,9-12,14H2/t18-,19-/m0/s1. The molecule has 0 bridgehead atoms. The van der Waals surface area contributed by atoms with Crippen molar-refractivity contribution >= 4 is 17.7 Å². The van der Waals surface area contributed by atoms with Crippen molar-refractivity contribution in [2.75, 3.05) is 26.3 Å². The number of imide groups is 1. The number of carbonyl (C=O) groups is 3. The summed E-state index contributed by atoms with van der Waals surface area (Å²) in [6.45, 7) is 3.65. The maximum atomic E-state index is 12.8. The Morgan fingerprint density at radius 2 is 1.73 bits per heavy atom. The average molecular weight is 413 g/mol. The molecule has 1 saturated carbocycles. The van der Waals surface area contributed by atoms with Gasteiger partial charge in [0, 0.05) is 37.5 Å². The van der Waals surface area contributed by atoms with Gasteiger partial charge in [-0.25, -0.2) is 5.01 Å². The number of hydrazine groups is 1. The molecule has 8 nitrogen and oxygen atoms in total. The number of fused-ring (bicyclic) bond motifs is 1. The van der Waals surface area contributed by atoms with Gasteiger partial charge in [0.25, 0.3) is 5.91 Å². The predicted octanol–water partition coefficient (Wildman–Crippen LogP) is 1.73. The number of carbonyl (C=O) groups excluding carboxylic acids is 3. The quantitative estimate of drug-likeness (QED) is 0.700. The minimum Gasteiger partial charge on any atom is -0.489 e. The summed E-state index contributed by atoms with van der Waals surface area (Å²) >= 11 is 0. The second-order valence-corrected chi connectivity index (χ2v) is 8.44. The summed E-state index contributed by atoms with van der Waals surface area (Å²) in [6, 6.07) is 5.86. The van der Waals surface area contributed by atoms with Crippen LogP contribution in [0.5, 0.6) is 5.75 Å². The van der Waals surface area contributed by atoms with E-state index in [0.717, 1.165) is 61.9 Å². The van der Waals surface area contributed by atoms with Crippen molar-refractivity contribution < 1.29 is 23.9 Å². The molecule has 3 amide bonds. The number of rotatable bonds is 4. The second kappa shape index (κ2) is 8.00. The third-order valence-electron chi connectivity index (χ3n) is 6.58. The number of hydrogen-bond donors (Lipinski definition) is 0. The molecule has 2 atom stereocenters. The summed E-state index contributed by atoms with van der Waals surface area (Å²) < 4.78 is 11.8. The molecule has 0 N–H and O–H groups in total. The summed E-state index contributed by atoms with van der Waals surface area (Å²) in [5.74, 6) is -0.163. The molecule has 1 aromatic carbocycles. The topological polar surface area (TPSA) is 79.4 Å². The molecule has 0 unspecified atom stereocenters. The fourth-order valence-electron chi connectivity index (χ4n) is 5.07. The largest absolute Gasteiger partial charge is 0.489 e. The lowest BCUT2D eigenvalue weighted by Gasteiger charge is -2.35. The zero-order valence-corrected chi connectivity index (χ0v) is 17.0. The minimum absolute atomic E-state index is 0.125. The Morgan fingerprint density at radius 3 is 2.50 bits per heavy atom. The molecule has 1 aliphatic carbocycles. The number of morpholine rings is 1. The maximum Gasteiger partial charge on any atom is 0.273 e. The fourth-order valence-corrected chi connectivity index (χ4v) is 5.07. The van der Waals surface area contributed by atoms with E-state index in [-0.39, 0.29) is 30.4 Å². The SMILES string of the molecule is O=C1c2ccc(O[C@H]3CCC[C@@H]3N3CCOCC3)cc2CN1N1C(=O)CCCC1=O. The molecule has 0 radical (unpaired) electrons. The lowest BCUT2D eigenvalue weighted by atomic mass is 10.1. The molecule has 5 rings (SSSR count). The van der Waals surface area contributed by atoms with Crippen LogP contribution in [0.1, 0.15) is 54.4 Å². The molecule has 3 heterocycles. The predicted molar refractivity (Wildman–Crippen MR) is 106 cm³/mol. The van der Waals surface area contributed by atoms with Crippen molar-refractivity contribution in [2.45, 2.75) is 57.2 Å². The lowest BCUT2D eigenvalue weighted by Crippen LogP contribution is -2.51. The summed E-state index contributed by atoms with van der Waals surface area (Å²) in [4.78, 5) is 39.8. The number of ether oxygens (including phenoxy) is 2. The average Bonchev–Trinajstić information content (AvgIpc) is 3.33. The van der Waals surface area contributed by atoms with Crippen LogP contribution < -0.4 is 4.74 Å². The van der Waals surface area contributed by atoms with Crippen LogP contribution in [-0.2, 0) is 20.9 Å². The van der Waals surface area contributed by atoms with Gasteiger partial charge in [-0.1, -0.05) is 0 Å². The highest BCUT2D eigenvalue weighted by atomic mass is 16.5. The monoisotopic (exact) mass is 413 g/mol. The second-order valence-electron chi connectivity index (χ2n) is 8.44. The number of benzene rings is 1. The third-order valence-corrected chi connectivity index (χ3v) is 6.58. The van der Waals surface area contributed by atoms with Crippen LogP contribution in [0, 0.1) is 0 Å². The first-order valence-electron chi connectivity index (χ1n) is 10.9. The lowest BCUT2D eigenvalue weighted by molar-refractivity contribution is -0.163. The zero-order chi connectivity index (χ0) is 20.7. The molecule has 30 heavy (non-hydrogen) atoms. The highest BCUT2D eigenvalue weighted by molar-refractivity contribution is 6.04. The van der Waals surface area contributed by atoms with Gasteiger partial charge in [0.15, 0.2) is 0 Å². The number of amides is 3. The molecule has 0 spiro atoms. The van der Waals surface area contributed by atoms with Gasteiger partial charge in [-0.05, 0) is 49.4 Å². The van der Waals surface area contributed by atoms with Crippen LogP contribution in [-0.4, -0.2) is 71.1 Å². The molecule has 160 valence electrons. The van der Waals surface area contributed by atoms with E-state index in [0.29, 0.717) is 30.9 Å². The van der Waals surface area contributed by atoms with Crippen LogP contribution in [0.15, 0.2) is 18.2 Å². The Labute approximate surface area is 175 Å². The van der Waals surface area contributed by atoms with Crippen LogP contribution in [0.25, 0.3) is 0 Å². The first-order chi connectivity index (χ1) is 14.6. The first-order valence-corrected chi connectivity index (χ1v) is 10.9. The number of nitrogens with zero attached hydrogens (tertiary/aromatic N) is 3. The van der Waals surface area contributed by atoms with Crippen LogP contribution in [0.3, 0.4) is 0 Å². The number of piperidine rings is 1. The third kappa shape index (κ3) is 3.48. The smallest absolute Gasteiger partial charge is 0.273 e. The molecule has 3 aliphatic heterocycles. The van der Waals surface area contributed by atoms with Gasteiger partial charge in [0.1, 0.15) is 11.9 Å². The molecule has 8 heteroatoms. The Bertz CT molecular complexity index is 850. The molecular formula is C22H27N3O5. The van der Waals surface area contributed by atoms with Gasteiger partial charge in [-0.2, -0.15) is 5.01 Å². The Hall–Kier alpha value is -2.45. The van der Waals surface area contributed by atoms with E-state index >= 15 is 0 Å². The fraction of sp³-hybridized carbons (Fsp3) is 0.591. The van der Waals surface area contributed by atoms with Gasteiger partial charge in [-0.3, -0.25) is 19.3 Å². The van der Waals surface area contributed by atoms with E-state index in [1.165, 1.54) is 5.01 Å². The van der Waals surface area contributed by atoms with Crippen molar-refractivity contribution in [1.29, 1.82) is 0 Å². The molecule has 1 aromatic rings. The number of hydrogen-bond acceptors (Lipinski definition) is 6.